The molecule has 1 unspecified atom stereocenters. The van der Waals surface area contributed by atoms with Crippen LogP contribution in [0.15, 0.2) is 42.6 Å². The highest BCUT2D eigenvalue weighted by molar-refractivity contribution is 5.79. The zero-order valence-electron chi connectivity index (χ0n) is 25.9. The number of carbonyl (C=O) groups excluding carboxylic acids is 2. The van der Waals surface area contributed by atoms with E-state index in [0.717, 1.165) is 11.1 Å². The lowest BCUT2D eigenvalue weighted by molar-refractivity contribution is -0.137. The third-order valence-electron chi connectivity index (χ3n) is 8.34. The van der Waals surface area contributed by atoms with Gasteiger partial charge in [0, 0.05) is 56.0 Å². The zero-order chi connectivity index (χ0) is 31.9. The maximum absolute atomic E-state index is 14.4. The minimum Gasteiger partial charge on any atom is -0.444 e. The number of rotatable bonds is 6. The van der Waals surface area contributed by atoms with E-state index in [4.69, 9.17) is 4.74 Å². The monoisotopic (exact) mass is 612 g/mol. The molecule has 1 fully saturated rings. The molecule has 12 heteroatoms. The summed E-state index contributed by atoms with van der Waals surface area (Å²) < 4.78 is 49.1. The summed E-state index contributed by atoms with van der Waals surface area (Å²) in [5.41, 5.74) is 1.64. The minimum atomic E-state index is -0.982. The van der Waals surface area contributed by atoms with Gasteiger partial charge >= 0.3 is 6.09 Å². The van der Waals surface area contributed by atoms with Gasteiger partial charge in [-0.25, -0.2) is 22.6 Å². The second-order valence-corrected chi connectivity index (χ2v) is 12.8. The fourth-order valence-electron chi connectivity index (χ4n) is 6.21. The van der Waals surface area contributed by atoms with Gasteiger partial charge in [0.1, 0.15) is 23.1 Å². The third-order valence-corrected chi connectivity index (χ3v) is 8.34. The lowest BCUT2D eigenvalue weighted by Gasteiger charge is -2.44. The number of benzene rings is 2. The molecule has 4 atom stereocenters. The summed E-state index contributed by atoms with van der Waals surface area (Å²) >= 11 is 0. The van der Waals surface area contributed by atoms with Crippen molar-refractivity contribution in [1.82, 2.24) is 29.7 Å². The van der Waals surface area contributed by atoms with E-state index in [0.29, 0.717) is 44.0 Å². The van der Waals surface area contributed by atoms with Crippen molar-refractivity contribution in [2.45, 2.75) is 90.8 Å². The molecule has 0 radical (unpaired) electrons. The Bertz CT molecular complexity index is 1500. The number of amides is 2. The number of carbonyl (C=O) groups is 2. The Hall–Kier alpha value is -3.93. The average molecular weight is 613 g/mol. The van der Waals surface area contributed by atoms with E-state index >= 15 is 0 Å². The fraction of sp³-hybridized carbons (Fsp3) is 0.500. The number of piperazine rings is 1. The van der Waals surface area contributed by atoms with Crippen LogP contribution in [0.3, 0.4) is 0 Å². The van der Waals surface area contributed by atoms with Gasteiger partial charge in [0.25, 0.3) is 0 Å². The smallest absolute Gasteiger partial charge is 0.411 e. The van der Waals surface area contributed by atoms with Gasteiger partial charge in [0.05, 0.1) is 30.4 Å². The van der Waals surface area contributed by atoms with Crippen molar-refractivity contribution in [2.24, 2.45) is 0 Å². The van der Waals surface area contributed by atoms with Crippen molar-refractivity contribution < 1.29 is 27.5 Å². The molecule has 0 aliphatic carbocycles. The number of hydrogen-bond donors (Lipinski definition) is 0. The van der Waals surface area contributed by atoms with Crippen LogP contribution in [-0.4, -0.2) is 72.5 Å². The summed E-state index contributed by atoms with van der Waals surface area (Å²) in [5, 5.41) is 8.30. The average Bonchev–Trinajstić information content (AvgIpc) is 3.54. The summed E-state index contributed by atoms with van der Waals surface area (Å²) in [4.78, 5) is 32.5. The maximum atomic E-state index is 14.4. The highest BCUT2D eigenvalue weighted by atomic mass is 19.1. The van der Waals surface area contributed by atoms with Crippen LogP contribution in [0.5, 0.6) is 0 Å². The fourth-order valence-corrected chi connectivity index (χ4v) is 6.21. The van der Waals surface area contributed by atoms with Crippen molar-refractivity contribution in [3.8, 4) is 0 Å². The first-order valence-corrected chi connectivity index (χ1v) is 14.9. The van der Waals surface area contributed by atoms with Gasteiger partial charge in [-0.15, -0.1) is 5.10 Å². The molecule has 1 saturated heterocycles. The number of aromatic nitrogens is 3. The Balaban J connectivity index is 1.24. The molecule has 44 heavy (non-hydrogen) atoms. The predicted octanol–water partition coefficient (Wildman–Crippen LogP) is 5.61. The molecule has 0 N–H and O–H groups in total. The van der Waals surface area contributed by atoms with E-state index in [1.165, 1.54) is 4.68 Å². The van der Waals surface area contributed by atoms with E-state index in [9.17, 15) is 22.8 Å². The molecule has 236 valence electrons. The molecule has 0 spiro atoms. The Kier molecular flexibility index (Phi) is 8.75. The number of fused-ring (bicyclic) bond motifs is 1. The molecular formula is C32H39F3N6O3. The Morgan fingerprint density at radius 3 is 2.32 bits per heavy atom. The highest BCUT2D eigenvalue weighted by Gasteiger charge is 2.39. The van der Waals surface area contributed by atoms with Crippen LogP contribution in [-0.2, 0) is 22.6 Å². The van der Waals surface area contributed by atoms with Crippen LogP contribution in [0.1, 0.15) is 82.4 Å². The van der Waals surface area contributed by atoms with Crippen molar-refractivity contribution in [1.29, 1.82) is 0 Å². The van der Waals surface area contributed by atoms with Gasteiger partial charge in [0.2, 0.25) is 5.91 Å². The SMILES string of the molecule is C[C@@H]1CN(C(=O)CC2c3ccccc3CN2C(=O)OC(C)(C)C)C[C@H](C)N1Cc1cn([C@H](C)c2c(F)cc(F)cc2F)nn1. The van der Waals surface area contributed by atoms with Crippen LogP contribution in [0.2, 0.25) is 0 Å². The summed E-state index contributed by atoms with van der Waals surface area (Å²) in [6.07, 6.45) is 1.34. The van der Waals surface area contributed by atoms with Gasteiger partial charge in [-0.2, -0.15) is 0 Å². The molecule has 3 aromatic rings. The molecular weight excluding hydrogens is 573 g/mol. The lowest BCUT2D eigenvalue weighted by atomic mass is 10.0. The first-order valence-electron chi connectivity index (χ1n) is 14.9. The molecule has 0 bridgehead atoms. The maximum Gasteiger partial charge on any atom is 0.411 e. The van der Waals surface area contributed by atoms with Crippen molar-refractivity contribution in [2.75, 3.05) is 13.1 Å². The van der Waals surface area contributed by atoms with Crippen LogP contribution in [0, 0.1) is 17.5 Å². The van der Waals surface area contributed by atoms with Crippen LogP contribution in [0.25, 0.3) is 0 Å². The molecule has 2 aromatic carbocycles. The molecule has 9 nitrogen and oxygen atoms in total. The Morgan fingerprint density at radius 1 is 1.05 bits per heavy atom. The largest absolute Gasteiger partial charge is 0.444 e. The molecule has 2 aliphatic heterocycles. The standard InChI is InChI=1S/C32H39F3N6O3/c1-19-14-38(29(42)13-28-25-10-8-7-9-22(25)16-40(28)31(43)44-32(4,5)6)15-20(2)39(19)17-24-18-41(37-36-24)21(3)30-26(34)11-23(33)12-27(30)35/h7-12,18-21,28H,13-17H2,1-6H3/t19-,20+,21-,28?/m1/s1. The number of halogens is 3. The molecule has 2 amide bonds. The highest BCUT2D eigenvalue weighted by Crippen LogP contribution is 2.37. The molecule has 1 aromatic heterocycles. The number of hydrogen-bond acceptors (Lipinski definition) is 6. The second kappa shape index (κ2) is 12.2. The third kappa shape index (κ3) is 6.59. The topological polar surface area (TPSA) is 83.8 Å². The molecule has 2 aliphatic rings. The summed E-state index contributed by atoms with van der Waals surface area (Å²) in [7, 11) is 0. The quantitative estimate of drug-likeness (QED) is 0.360. The predicted molar refractivity (Wildman–Crippen MR) is 157 cm³/mol. The van der Waals surface area contributed by atoms with Crippen LogP contribution in [0.4, 0.5) is 18.0 Å². The lowest BCUT2D eigenvalue weighted by Crippen LogP contribution is -2.57. The Labute approximate surface area is 255 Å². The van der Waals surface area contributed by atoms with Gasteiger partial charge in [-0.1, -0.05) is 29.5 Å². The molecule has 5 rings (SSSR count). The number of nitrogens with zero attached hydrogens (tertiary/aromatic N) is 6. The van der Waals surface area contributed by atoms with Gasteiger partial charge in [-0.05, 0) is 52.7 Å². The summed E-state index contributed by atoms with van der Waals surface area (Å²) in [6.45, 7) is 12.9. The first kappa shape index (κ1) is 31.5. The van der Waals surface area contributed by atoms with Crippen molar-refractivity contribution in [3.05, 3.63) is 82.4 Å². The van der Waals surface area contributed by atoms with Gasteiger partial charge in [0.15, 0.2) is 0 Å². The number of ether oxygens (including phenoxy) is 1. The van der Waals surface area contributed by atoms with Crippen molar-refractivity contribution >= 4 is 12.0 Å². The van der Waals surface area contributed by atoms with E-state index < -0.39 is 41.2 Å². The minimum absolute atomic E-state index is 0.0184. The summed E-state index contributed by atoms with van der Waals surface area (Å²) in [5.74, 6) is -2.98. The van der Waals surface area contributed by atoms with Crippen molar-refractivity contribution in [3.63, 3.8) is 0 Å². The van der Waals surface area contributed by atoms with E-state index in [2.05, 4.69) is 15.2 Å². The van der Waals surface area contributed by atoms with E-state index in [-0.39, 0.29) is 30.0 Å². The molecule has 3 heterocycles. The normalized spacial score (nSPS) is 21.3. The van der Waals surface area contributed by atoms with E-state index in [1.54, 1.807) is 18.0 Å². The van der Waals surface area contributed by atoms with Gasteiger partial charge in [-0.3, -0.25) is 14.6 Å². The Morgan fingerprint density at radius 2 is 1.68 bits per heavy atom. The van der Waals surface area contributed by atoms with Gasteiger partial charge < -0.3 is 9.64 Å². The second-order valence-electron chi connectivity index (χ2n) is 12.8. The van der Waals surface area contributed by atoms with E-state index in [1.807, 2.05) is 63.8 Å². The molecule has 0 saturated carbocycles. The van der Waals surface area contributed by atoms with Crippen LogP contribution >= 0.6 is 0 Å². The summed E-state index contributed by atoms with van der Waals surface area (Å²) in [6, 6.07) is 7.81. The van der Waals surface area contributed by atoms with Crippen LogP contribution < -0.4 is 0 Å². The zero-order valence-corrected chi connectivity index (χ0v) is 25.9. The first-order chi connectivity index (χ1) is 20.7.